The lowest BCUT2D eigenvalue weighted by Gasteiger charge is -2.21. The third-order valence-electron chi connectivity index (χ3n) is 4.71. The molecular formula is C18H17F3N4O2. The van der Waals surface area contributed by atoms with Gasteiger partial charge in [0.05, 0.1) is 29.7 Å². The topological polar surface area (TPSA) is 73.1 Å². The molecule has 1 aromatic carbocycles. The van der Waals surface area contributed by atoms with Gasteiger partial charge >= 0.3 is 6.18 Å². The van der Waals surface area contributed by atoms with E-state index in [-0.39, 0.29) is 22.9 Å². The maximum absolute atomic E-state index is 12.9. The Morgan fingerprint density at radius 1 is 1.22 bits per heavy atom. The number of fused-ring (bicyclic) bond motifs is 1. The van der Waals surface area contributed by atoms with Crippen molar-refractivity contribution < 1.29 is 23.0 Å². The average molecular weight is 378 g/mol. The van der Waals surface area contributed by atoms with E-state index in [9.17, 15) is 18.3 Å². The van der Waals surface area contributed by atoms with Crippen LogP contribution >= 0.6 is 0 Å². The first-order valence-corrected chi connectivity index (χ1v) is 8.54. The average Bonchev–Trinajstić information content (AvgIpc) is 3.04. The molecule has 1 N–H and O–H groups in total. The van der Waals surface area contributed by atoms with Gasteiger partial charge in [0.2, 0.25) is 0 Å². The van der Waals surface area contributed by atoms with E-state index in [1.807, 2.05) is 10.9 Å². The summed E-state index contributed by atoms with van der Waals surface area (Å²) in [6, 6.07) is 1.90. The molecule has 9 heteroatoms. The van der Waals surface area contributed by atoms with Gasteiger partial charge in [-0.05, 0) is 37.5 Å². The number of halogens is 3. The number of benzene rings is 1. The summed E-state index contributed by atoms with van der Waals surface area (Å²) < 4.78 is 45.9. The van der Waals surface area contributed by atoms with Crippen LogP contribution in [0.1, 0.15) is 30.0 Å². The summed E-state index contributed by atoms with van der Waals surface area (Å²) in [5.74, 6) is -0.486. The van der Waals surface area contributed by atoms with E-state index < -0.39 is 17.5 Å². The highest BCUT2D eigenvalue weighted by atomic mass is 19.4. The summed E-state index contributed by atoms with van der Waals surface area (Å²) in [5.41, 5.74) is 0.840. The van der Waals surface area contributed by atoms with E-state index in [2.05, 4.69) is 15.1 Å². The Morgan fingerprint density at radius 2 is 1.96 bits per heavy atom. The molecule has 3 aromatic rings. The highest BCUT2D eigenvalue weighted by Gasteiger charge is 2.32. The van der Waals surface area contributed by atoms with Crippen molar-refractivity contribution in [3.63, 3.8) is 0 Å². The monoisotopic (exact) mass is 378 g/mol. The number of aromatic hydroxyl groups is 1. The normalized spacial score (nSPS) is 16.1. The molecular weight excluding hydrogens is 361 g/mol. The van der Waals surface area contributed by atoms with Gasteiger partial charge in [0.1, 0.15) is 11.3 Å². The Bertz CT molecular complexity index is 971. The Balaban J connectivity index is 1.74. The minimum absolute atomic E-state index is 0.208. The molecule has 1 aliphatic heterocycles. The van der Waals surface area contributed by atoms with Gasteiger partial charge in [-0.2, -0.15) is 18.3 Å². The van der Waals surface area contributed by atoms with E-state index in [0.29, 0.717) is 30.4 Å². The molecule has 1 aliphatic rings. The number of phenols is 1. The zero-order valence-corrected chi connectivity index (χ0v) is 14.5. The Morgan fingerprint density at radius 3 is 2.63 bits per heavy atom. The molecule has 2 aromatic heterocycles. The smallest absolute Gasteiger partial charge is 0.416 e. The number of nitrogens with zero attached hydrogens (tertiary/aromatic N) is 4. The number of hydrogen-bond acceptors (Lipinski definition) is 5. The molecule has 0 unspecified atom stereocenters. The Kier molecular flexibility index (Phi) is 4.26. The fraction of sp³-hybridized carbons (Fsp3) is 0.389. The first kappa shape index (κ1) is 17.7. The van der Waals surface area contributed by atoms with E-state index in [4.69, 9.17) is 4.74 Å². The quantitative estimate of drug-likeness (QED) is 0.733. The molecule has 0 saturated carbocycles. The van der Waals surface area contributed by atoms with Crippen LogP contribution in [0.5, 0.6) is 5.75 Å². The second kappa shape index (κ2) is 6.49. The first-order chi connectivity index (χ1) is 12.8. The van der Waals surface area contributed by atoms with Crippen LogP contribution in [0.25, 0.3) is 22.4 Å². The number of aryl methyl sites for hydroxylation is 1. The number of phenolic OH excluding ortho intramolecular Hbond substituents is 1. The molecule has 1 fully saturated rings. The van der Waals surface area contributed by atoms with Gasteiger partial charge in [-0.1, -0.05) is 0 Å². The molecule has 1 saturated heterocycles. The molecule has 4 rings (SSSR count). The highest BCUT2D eigenvalue weighted by Crippen LogP contribution is 2.38. The molecule has 0 atom stereocenters. The molecule has 142 valence electrons. The van der Waals surface area contributed by atoms with Crippen molar-refractivity contribution in [3.8, 4) is 17.0 Å². The summed E-state index contributed by atoms with van der Waals surface area (Å²) in [4.78, 5) is 8.72. The molecule has 0 radical (unpaired) electrons. The standard InChI is InChI=1S/C18H17F3N4O2/c1-10-6-11(18(19,20)21)7-15(26)16(10)13-8-22-14-9-25(24-17(14)23-13)12-2-4-27-5-3-12/h6-9,12,26H,2-5H2,1H3. The van der Waals surface area contributed by atoms with Gasteiger partial charge in [0, 0.05) is 18.8 Å². The van der Waals surface area contributed by atoms with Crippen LogP contribution in [0.4, 0.5) is 13.2 Å². The van der Waals surface area contributed by atoms with Gasteiger partial charge in [-0.25, -0.2) is 9.97 Å². The third kappa shape index (κ3) is 3.34. The molecule has 0 bridgehead atoms. The summed E-state index contributed by atoms with van der Waals surface area (Å²) in [7, 11) is 0. The van der Waals surface area contributed by atoms with E-state index in [0.717, 1.165) is 18.9 Å². The largest absolute Gasteiger partial charge is 0.507 e. The van der Waals surface area contributed by atoms with Crippen LogP contribution < -0.4 is 0 Å². The maximum atomic E-state index is 12.9. The molecule has 0 aliphatic carbocycles. The van der Waals surface area contributed by atoms with Gasteiger partial charge < -0.3 is 9.84 Å². The van der Waals surface area contributed by atoms with Crippen LogP contribution in [0.2, 0.25) is 0 Å². The zero-order valence-electron chi connectivity index (χ0n) is 14.5. The molecule has 27 heavy (non-hydrogen) atoms. The van der Waals surface area contributed by atoms with Crippen molar-refractivity contribution in [2.45, 2.75) is 32.0 Å². The van der Waals surface area contributed by atoms with Crippen molar-refractivity contribution >= 4 is 11.2 Å². The van der Waals surface area contributed by atoms with Gasteiger partial charge in [-0.15, -0.1) is 0 Å². The van der Waals surface area contributed by atoms with Crippen molar-refractivity contribution in [3.05, 3.63) is 35.7 Å². The molecule has 0 amide bonds. The SMILES string of the molecule is Cc1cc(C(F)(F)F)cc(O)c1-c1cnc2cn(C3CCOCC3)nc2n1. The van der Waals surface area contributed by atoms with Gasteiger partial charge in [0.15, 0.2) is 5.65 Å². The minimum atomic E-state index is -4.53. The summed E-state index contributed by atoms with van der Waals surface area (Å²) >= 11 is 0. The van der Waals surface area contributed by atoms with Crippen LogP contribution in [-0.2, 0) is 10.9 Å². The Labute approximate surface area is 152 Å². The van der Waals surface area contributed by atoms with Crippen LogP contribution in [-0.4, -0.2) is 38.1 Å². The number of alkyl halides is 3. The summed E-state index contributed by atoms with van der Waals surface area (Å²) in [5, 5.41) is 14.6. The van der Waals surface area contributed by atoms with E-state index in [1.165, 1.54) is 13.1 Å². The molecule has 0 spiro atoms. The maximum Gasteiger partial charge on any atom is 0.416 e. The third-order valence-corrected chi connectivity index (χ3v) is 4.71. The predicted molar refractivity (Wildman–Crippen MR) is 91.3 cm³/mol. The van der Waals surface area contributed by atoms with Crippen molar-refractivity contribution in [1.82, 2.24) is 19.7 Å². The van der Waals surface area contributed by atoms with Crippen LogP contribution in [0.15, 0.2) is 24.5 Å². The highest BCUT2D eigenvalue weighted by molar-refractivity contribution is 5.77. The predicted octanol–water partition coefficient (Wildman–Crippen LogP) is 3.88. The fourth-order valence-corrected chi connectivity index (χ4v) is 3.34. The lowest BCUT2D eigenvalue weighted by Crippen LogP contribution is -2.19. The first-order valence-electron chi connectivity index (χ1n) is 8.54. The number of rotatable bonds is 2. The lowest BCUT2D eigenvalue weighted by atomic mass is 10.0. The Hall–Kier alpha value is -2.68. The van der Waals surface area contributed by atoms with Crippen molar-refractivity contribution in [2.24, 2.45) is 0 Å². The van der Waals surface area contributed by atoms with E-state index >= 15 is 0 Å². The molecule has 6 nitrogen and oxygen atoms in total. The number of ether oxygens (including phenoxy) is 1. The van der Waals surface area contributed by atoms with Crippen molar-refractivity contribution in [1.29, 1.82) is 0 Å². The molecule has 3 heterocycles. The second-order valence-electron chi connectivity index (χ2n) is 6.60. The van der Waals surface area contributed by atoms with Crippen LogP contribution in [0.3, 0.4) is 0 Å². The van der Waals surface area contributed by atoms with Crippen LogP contribution in [0, 0.1) is 6.92 Å². The zero-order chi connectivity index (χ0) is 19.2. The van der Waals surface area contributed by atoms with E-state index in [1.54, 1.807) is 0 Å². The minimum Gasteiger partial charge on any atom is -0.507 e. The lowest BCUT2D eigenvalue weighted by molar-refractivity contribution is -0.137. The second-order valence-corrected chi connectivity index (χ2v) is 6.60. The van der Waals surface area contributed by atoms with Crippen molar-refractivity contribution in [2.75, 3.05) is 13.2 Å². The summed E-state index contributed by atoms with van der Waals surface area (Å²) in [6.07, 6.45) is 0.410. The summed E-state index contributed by atoms with van der Waals surface area (Å²) in [6.45, 7) is 2.84. The van der Waals surface area contributed by atoms with Gasteiger partial charge in [-0.3, -0.25) is 4.68 Å². The number of aromatic nitrogens is 4. The fourth-order valence-electron chi connectivity index (χ4n) is 3.34. The van der Waals surface area contributed by atoms with Gasteiger partial charge in [0.25, 0.3) is 0 Å². The number of hydrogen-bond donors (Lipinski definition) is 1.